The van der Waals surface area contributed by atoms with Gasteiger partial charge in [-0.25, -0.2) is 0 Å². The lowest BCUT2D eigenvalue weighted by atomic mass is 9.88. The third-order valence-electron chi connectivity index (χ3n) is 8.75. The molecule has 5 aliphatic rings. The molecule has 8 heteroatoms. The highest BCUT2D eigenvalue weighted by atomic mass is 16.6. The van der Waals surface area contributed by atoms with Crippen molar-refractivity contribution in [3.8, 4) is 51.7 Å². The van der Waals surface area contributed by atoms with Gasteiger partial charge < -0.3 is 33.7 Å². The first-order chi connectivity index (χ1) is 21.1. The van der Waals surface area contributed by atoms with E-state index in [0.717, 1.165) is 59.5 Å². The Bertz CT molecular complexity index is 1800. The Labute approximate surface area is 250 Å². The first-order valence-corrected chi connectivity index (χ1v) is 14.7. The van der Waals surface area contributed by atoms with Crippen molar-refractivity contribution in [2.45, 2.75) is 31.7 Å². The number of hydrogen-bond donors (Lipinski definition) is 1. The summed E-state index contributed by atoms with van der Waals surface area (Å²) in [5.41, 5.74) is 7.50. The largest absolute Gasteiger partial charge is 0.493 e. The molecule has 4 aromatic carbocycles. The Morgan fingerprint density at radius 3 is 2.40 bits per heavy atom. The van der Waals surface area contributed by atoms with Crippen LogP contribution in [0.4, 0.5) is 0 Å². The average molecular weight is 577 g/mol. The Morgan fingerprint density at radius 1 is 0.744 bits per heavy atom. The van der Waals surface area contributed by atoms with Gasteiger partial charge in [0.25, 0.3) is 0 Å². The molecule has 43 heavy (non-hydrogen) atoms. The van der Waals surface area contributed by atoms with Crippen LogP contribution in [0, 0.1) is 0 Å². The third kappa shape index (κ3) is 4.28. The Kier molecular flexibility index (Phi) is 6.19. The molecule has 0 amide bonds. The van der Waals surface area contributed by atoms with Crippen LogP contribution in [0.25, 0.3) is 0 Å². The topological polar surface area (TPSA) is 79.8 Å². The van der Waals surface area contributed by atoms with Crippen LogP contribution in [0.15, 0.2) is 59.6 Å². The minimum Gasteiger partial charge on any atom is -0.493 e. The van der Waals surface area contributed by atoms with Crippen molar-refractivity contribution in [1.82, 2.24) is 5.32 Å². The average Bonchev–Trinajstić information content (AvgIpc) is 3.03. The molecule has 218 valence electrons. The first-order valence-electron chi connectivity index (χ1n) is 14.7. The molecule has 0 aromatic heterocycles. The summed E-state index contributed by atoms with van der Waals surface area (Å²) in [6.07, 6.45) is 2.99. The molecule has 8 nitrogen and oxygen atoms in total. The Balaban J connectivity index is 1.35. The van der Waals surface area contributed by atoms with Crippen molar-refractivity contribution in [3.63, 3.8) is 0 Å². The van der Waals surface area contributed by atoms with E-state index >= 15 is 0 Å². The van der Waals surface area contributed by atoms with E-state index in [1.807, 2.05) is 24.3 Å². The van der Waals surface area contributed by atoms with E-state index in [1.54, 1.807) is 21.3 Å². The number of aliphatic imine (C=N–C) groups is 1. The number of ether oxygens (including phenoxy) is 6. The van der Waals surface area contributed by atoms with E-state index < -0.39 is 0 Å². The van der Waals surface area contributed by atoms with E-state index in [9.17, 15) is 0 Å². The normalized spacial score (nSPS) is 17.5. The highest BCUT2D eigenvalue weighted by Crippen LogP contribution is 2.58. The molecule has 0 saturated heterocycles. The van der Waals surface area contributed by atoms with Crippen LogP contribution in [0.5, 0.6) is 51.7 Å². The molecular formula is C35H32N2O6. The van der Waals surface area contributed by atoms with Crippen molar-refractivity contribution in [3.05, 3.63) is 88.0 Å². The number of methoxy groups -OCH3 is 3. The fourth-order valence-electron chi connectivity index (χ4n) is 6.73. The summed E-state index contributed by atoms with van der Waals surface area (Å²) in [6.45, 7) is 1.53. The van der Waals surface area contributed by atoms with Gasteiger partial charge in [-0.05, 0) is 84.5 Å². The lowest BCUT2D eigenvalue weighted by Gasteiger charge is -2.34. The van der Waals surface area contributed by atoms with Crippen LogP contribution in [0.1, 0.15) is 39.4 Å². The van der Waals surface area contributed by atoms with Gasteiger partial charge in [-0.2, -0.15) is 0 Å². The maximum atomic E-state index is 6.87. The van der Waals surface area contributed by atoms with Gasteiger partial charge >= 0.3 is 0 Å². The molecule has 9 rings (SSSR count). The van der Waals surface area contributed by atoms with Crippen LogP contribution < -0.4 is 33.7 Å². The smallest absolute Gasteiger partial charge is 0.212 e. The fourth-order valence-corrected chi connectivity index (χ4v) is 6.73. The fraction of sp³-hybridized carbons (Fsp3) is 0.286. The number of nitrogens with zero attached hydrogens (tertiary/aromatic N) is 1. The lowest BCUT2D eigenvalue weighted by molar-refractivity contribution is 0.303. The predicted molar refractivity (Wildman–Crippen MR) is 163 cm³/mol. The second kappa shape index (κ2) is 10.2. The highest BCUT2D eigenvalue weighted by Gasteiger charge is 2.37. The van der Waals surface area contributed by atoms with Gasteiger partial charge in [0.15, 0.2) is 34.5 Å². The predicted octanol–water partition coefficient (Wildman–Crippen LogP) is 6.73. The number of fused-ring (bicyclic) bond motifs is 2. The second-order valence-electron chi connectivity index (χ2n) is 11.2. The number of hydrogen-bond acceptors (Lipinski definition) is 8. The first kappa shape index (κ1) is 26.0. The van der Waals surface area contributed by atoms with Crippen molar-refractivity contribution in [2.75, 3.05) is 34.4 Å². The van der Waals surface area contributed by atoms with Gasteiger partial charge in [-0.15, -0.1) is 0 Å². The van der Waals surface area contributed by atoms with E-state index in [-0.39, 0.29) is 6.04 Å². The summed E-state index contributed by atoms with van der Waals surface area (Å²) in [7, 11) is 5.01. The van der Waals surface area contributed by atoms with Crippen molar-refractivity contribution >= 4 is 5.71 Å². The molecule has 1 atom stereocenters. The summed E-state index contributed by atoms with van der Waals surface area (Å²) < 4.78 is 37.5. The zero-order valence-electron chi connectivity index (χ0n) is 24.4. The molecule has 0 spiro atoms. The minimum atomic E-state index is 0.0109. The van der Waals surface area contributed by atoms with Gasteiger partial charge in [-0.1, -0.05) is 18.2 Å². The minimum absolute atomic E-state index is 0.0109. The van der Waals surface area contributed by atoms with Gasteiger partial charge in [0.2, 0.25) is 11.5 Å². The van der Waals surface area contributed by atoms with E-state index in [0.29, 0.717) is 59.0 Å². The molecule has 5 aliphatic heterocycles. The number of nitrogens with one attached hydrogen (secondary N) is 1. The monoisotopic (exact) mass is 576 g/mol. The molecule has 5 heterocycles. The highest BCUT2D eigenvalue weighted by molar-refractivity contribution is 6.07. The molecular weight excluding hydrogens is 544 g/mol. The molecule has 0 unspecified atom stereocenters. The van der Waals surface area contributed by atoms with Gasteiger partial charge in [-0.3, -0.25) is 4.99 Å². The molecule has 4 aromatic rings. The molecule has 0 fully saturated rings. The van der Waals surface area contributed by atoms with Crippen LogP contribution in [-0.4, -0.2) is 40.1 Å². The number of benzene rings is 4. The van der Waals surface area contributed by atoms with Crippen molar-refractivity contribution < 1.29 is 28.4 Å². The summed E-state index contributed by atoms with van der Waals surface area (Å²) in [6, 6.07) is 18.4. The summed E-state index contributed by atoms with van der Waals surface area (Å²) in [5.74, 6) is 5.83. The third-order valence-corrected chi connectivity index (χ3v) is 8.75. The molecule has 0 saturated carbocycles. The lowest BCUT2D eigenvalue weighted by Crippen LogP contribution is -2.32. The quantitative estimate of drug-likeness (QED) is 0.255. The van der Waals surface area contributed by atoms with E-state index in [1.165, 1.54) is 11.1 Å². The molecule has 1 N–H and O–H groups in total. The summed E-state index contributed by atoms with van der Waals surface area (Å²) in [5, 5.41) is 3.72. The standard InChI is InChI=1S/C35H32N2O6/c1-38-26-9-6-20-15-25-30-22(11-13-37-25)18-29-33(34(30)40-3)43-35-31-21(17-28(39-2)32(35)42-29)10-12-36-24(31)14-19-4-7-23(8-5-19)41-27(26)16-20/h4-9,16-18,24,36H,10-15H2,1-3H3/t24-/m1/s1. The number of rotatable bonds is 3. The van der Waals surface area contributed by atoms with Crippen LogP contribution in [0.2, 0.25) is 0 Å². The Hall–Kier alpha value is -4.69. The van der Waals surface area contributed by atoms with Gasteiger partial charge in [0.05, 0.1) is 27.0 Å². The maximum absolute atomic E-state index is 6.87. The second-order valence-corrected chi connectivity index (χ2v) is 11.2. The maximum Gasteiger partial charge on any atom is 0.212 e. The van der Waals surface area contributed by atoms with Gasteiger partial charge in [0.1, 0.15) is 5.75 Å². The van der Waals surface area contributed by atoms with Crippen LogP contribution in [-0.2, 0) is 25.7 Å². The SMILES string of the molecule is COc1ccc2cc1Oc1ccc(cc1)C[C@H]1NCCc3cc(OC)c4c(c31)Oc1c(cc3c(c1OC)C(=NCC3)C2)O4. The van der Waals surface area contributed by atoms with E-state index in [2.05, 4.69) is 35.6 Å². The van der Waals surface area contributed by atoms with Crippen LogP contribution >= 0.6 is 0 Å². The summed E-state index contributed by atoms with van der Waals surface area (Å²) >= 11 is 0. The molecule has 7 bridgehead atoms. The zero-order chi connectivity index (χ0) is 29.1. The van der Waals surface area contributed by atoms with Crippen LogP contribution in [0.3, 0.4) is 0 Å². The van der Waals surface area contributed by atoms with E-state index in [4.69, 9.17) is 33.4 Å². The molecule has 0 radical (unpaired) electrons. The summed E-state index contributed by atoms with van der Waals surface area (Å²) in [4.78, 5) is 4.98. The Morgan fingerprint density at radius 2 is 1.58 bits per heavy atom. The van der Waals surface area contributed by atoms with Gasteiger partial charge in [0, 0.05) is 30.1 Å². The molecule has 0 aliphatic carbocycles. The zero-order valence-corrected chi connectivity index (χ0v) is 24.4. The van der Waals surface area contributed by atoms with Crippen molar-refractivity contribution in [1.29, 1.82) is 0 Å². The van der Waals surface area contributed by atoms with Crippen molar-refractivity contribution in [2.24, 2.45) is 4.99 Å².